The highest BCUT2D eigenvalue weighted by Gasteiger charge is 2.22. The maximum atomic E-state index is 11.9. The Kier molecular flexibility index (Phi) is 3.03. The molecule has 3 nitrogen and oxygen atoms in total. The van der Waals surface area contributed by atoms with Crippen LogP contribution in [0.25, 0.3) is 11.8 Å². The molecule has 1 aliphatic heterocycles. The van der Waals surface area contributed by atoms with Gasteiger partial charge in [0.15, 0.2) is 0 Å². The van der Waals surface area contributed by atoms with Crippen LogP contribution in [-0.2, 0) is 9.53 Å². The van der Waals surface area contributed by atoms with Crippen LogP contribution in [0, 0.1) is 13.8 Å². The van der Waals surface area contributed by atoms with E-state index in [0.29, 0.717) is 17.1 Å². The molecule has 0 amide bonds. The van der Waals surface area contributed by atoms with Crippen LogP contribution in [0.3, 0.4) is 0 Å². The molecule has 0 bridgehead atoms. The molecule has 20 heavy (non-hydrogen) atoms. The number of carbonyl (C=O) groups is 1. The molecule has 100 valence electrons. The smallest absolute Gasteiger partial charge is 0.343 e. The van der Waals surface area contributed by atoms with Crippen molar-refractivity contribution in [1.82, 2.24) is 0 Å². The van der Waals surface area contributed by atoms with Crippen molar-refractivity contribution in [2.75, 3.05) is 0 Å². The van der Waals surface area contributed by atoms with Crippen LogP contribution in [0.2, 0.25) is 0 Å². The number of hydrogen-bond acceptors (Lipinski definition) is 3. The highest BCUT2D eigenvalue weighted by molar-refractivity contribution is 6.04. The Labute approximate surface area is 117 Å². The van der Waals surface area contributed by atoms with Gasteiger partial charge in [0.25, 0.3) is 0 Å². The van der Waals surface area contributed by atoms with Gasteiger partial charge >= 0.3 is 5.97 Å². The normalized spacial score (nSPS) is 16.4. The summed E-state index contributed by atoms with van der Waals surface area (Å²) in [6.45, 7) is 3.88. The molecule has 1 aliphatic rings. The first kappa shape index (κ1) is 12.5. The van der Waals surface area contributed by atoms with E-state index in [4.69, 9.17) is 9.15 Å². The lowest BCUT2D eigenvalue weighted by atomic mass is 10.1. The first-order valence-corrected chi connectivity index (χ1v) is 6.41. The number of cyclic esters (lactones) is 1. The highest BCUT2D eigenvalue weighted by Crippen LogP contribution is 2.27. The Bertz CT molecular complexity index is 715. The second-order valence-electron chi connectivity index (χ2n) is 4.81. The molecule has 3 rings (SSSR count). The van der Waals surface area contributed by atoms with E-state index in [9.17, 15) is 4.79 Å². The number of esters is 1. The Morgan fingerprint density at radius 3 is 2.40 bits per heavy atom. The van der Waals surface area contributed by atoms with Gasteiger partial charge in [0, 0.05) is 5.56 Å². The summed E-state index contributed by atoms with van der Waals surface area (Å²) >= 11 is 0. The zero-order valence-corrected chi connectivity index (χ0v) is 11.3. The molecule has 0 spiro atoms. The van der Waals surface area contributed by atoms with Crippen molar-refractivity contribution in [3.63, 3.8) is 0 Å². The van der Waals surface area contributed by atoms with Crippen molar-refractivity contribution in [2.24, 2.45) is 0 Å². The molecule has 1 aromatic carbocycles. The predicted octanol–water partition coefficient (Wildman–Crippen LogP) is 3.88. The SMILES string of the molecule is Cc1ccc(C2=C/C(=C/c3ccc(C)o3)C(=O)O2)cc1. The molecule has 0 aliphatic carbocycles. The summed E-state index contributed by atoms with van der Waals surface area (Å²) < 4.78 is 10.7. The molecular weight excluding hydrogens is 252 g/mol. The second-order valence-corrected chi connectivity index (χ2v) is 4.81. The third kappa shape index (κ3) is 2.43. The second kappa shape index (κ2) is 4.85. The maximum absolute atomic E-state index is 11.9. The average Bonchev–Trinajstić information content (AvgIpc) is 2.98. The zero-order chi connectivity index (χ0) is 14.1. The number of benzene rings is 1. The van der Waals surface area contributed by atoms with Gasteiger partial charge in [0.2, 0.25) is 0 Å². The van der Waals surface area contributed by atoms with E-state index < -0.39 is 0 Å². The van der Waals surface area contributed by atoms with Crippen molar-refractivity contribution in [1.29, 1.82) is 0 Å². The van der Waals surface area contributed by atoms with E-state index >= 15 is 0 Å². The molecule has 2 heterocycles. The van der Waals surface area contributed by atoms with Crippen LogP contribution in [0.5, 0.6) is 0 Å². The fraction of sp³-hybridized carbons (Fsp3) is 0.118. The summed E-state index contributed by atoms with van der Waals surface area (Å²) in [4.78, 5) is 11.9. The third-order valence-electron chi connectivity index (χ3n) is 3.12. The molecule has 0 saturated heterocycles. The molecule has 0 fully saturated rings. The summed E-state index contributed by atoms with van der Waals surface area (Å²) in [6.07, 6.45) is 3.43. The average molecular weight is 266 g/mol. The van der Waals surface area contributed by atoms with Gasteiger partial charge in [-0.15, -0.1) is 0 Å². The number of hydrogen-bond donors (Lipinski definition) is 0. The molecule has 3 heteroatoms. The van der Waals surface area contributed by atoms with Crippen LogP contribution >= 0.6 is 0 Å². The van der Waals surface area contributed by atoms with Crippen molar-refractivity contribution in [2.45, 2.75) is 13.8 Å². The first-order valence-electron chi connectivity index (χ1n) is 6.41. The summed E-state index contributed by atoms with van der Waals surface area (Å²) in [5.74, 6) is 1.68. The topological polar surface area (TPSA) is 39.4 Å². The van der Waals surface area contributed by atoms with E-state index in [2.05, 4.69) is 0 Å². The van der Waals surface area contributed by atoms with Gasteiger partial charge in [-0.3, -0.25) is 0 Å². The lowest BCUT2D eigenvalue weighted by Crippen LogP contribution is -1.96. The standard InChI is InChI=1S/C17H14O3/c1-11-3-6-13(7-4-11)16-10-14(17(18)20-16)9-15-8-5-12(2)19-15/h3-10H,1-2H3/b14-9-. The summed E-state index contributed by atoms with van der Waals surface area (Å²) in [5.41, 5.74) is 2.55. The molecule has 0 unspecified atom stereocenters. The van der Waals surface area contributed by atoms with Crippen LogP contribution in [0.4, 0.5) is 0 Å². The Morgan fingerprint density at radius 1 is 1.00 bits per heavy atom. The van der Waals surface area contributed by atoms with Gasteiger partial charge in [0.05, 0.1) is 5.57 Å². The van der Waals surface area contributed by atoms with Gasteiger partial charge in [-0.2, -0.15) is 0 Å². The maximum Gasteiger partial charge on any atom is 0.343 e. The number of rotatable bonds is 2. The number of carbonyl (C=O) groups excluding carboxylic acids is 1. The van der Waals surface area contributed by atoms with Crippen molar-refractivity contribution in [3.05, 3.63) is 70.7 Å². The Balaban J connectivity index is 1.92. The van der Waals surface area contributed by atoms with E-state index in [1.807, 2.05) is 50.2 Å². The van der Waals surface area contributed by atoms with E-state index in [1.165, 1.54) is 5.56 Å². The van der Waals surface area contributed by atoms with Gasteiger partial charge < -0.3 is 9.15 Å². The van der Waals surface area contributed by atoms with Crippen LogP contribution in [0.15, 0.2) is 52.5 Å². The fourth-order valence-corrected chi connectivity index (χ4v) is 2.03. The molecule has 0 atom stereocenters. The van der Waals surface area contributed by atoms with E-state index in [-0.39, 0.29) is 5.97 Å². The monoisotopic (exact) mass is 266 g/mol. The van der Waals surface area contributed by atoms with Gasteiger partial charge in [-0.1, -0.05) is 29.8 Å². The molecule has 0 saturated carbocycles. The molecule has 0 radical (unpaired) electrons. The molecular formula is C17H14O3. The van der Waals surface area contributed by atoms with Crippen LogP contribution in [0.1, 0.15) is 22.6 Å². The van der Waals surface area contributed by atoms with Crippen LogP contribution < -0.4 is 0 Å². The minimum atomic E-state index is -0.352. The predicted molar refractivity (Wildman–Crippen MR) is 76.7 cm³/mol. The first-order chi connectivity index (χ1) is 9.61. The number of ether oxygens (including phenoxy) is 1. The fourth-order valence-electron chi connectivity index (χ4n) is 2.03. The summed E-state index contributed by atoms with van der Waals surface area (Å²) in [5, 5.41) is 0. The molecule has 2 aromatic rings. The Morgan fingerprint density at radius 2 is 1.75 bits per heavy atom. The molecule has 0 N–H and O–H groups in total. The lowest BCUT2D eigenvalue weighted by molar-refractivity contribution is -0.130. The number of aryl methyl sites for hydroxylation is 2. The Hall–Kier alpha value is -2.55. The minimum Gasteiger partial charge on any atom is -0.462 e. The van der Waals surface area contributed by atoms with Gasteiger partial charge in [0.1, 0.15) is 17.3 Å². The summed E-state index contributed by atoms with van der Waals surface area (Å²) in [6, 6.07) is 11.5. The minimum absolute atomic E-state index is 0.352. The van der Waals surface area contributed by atoms with Gasteiger partial charge in [-0.05, 0) is 38.1 Å². The van der Waals surface area contributed by atoms with Gasteiger partial charge in [-0.25, -0.2) is 4.79 Å². The zero-order valence-electron chi connectivity index (χ0n) is 11.3. The lowest BCUT2D eigenvalue weighted by Gasteiger charge is -2.01. The third-order valence-corrected chi connectivity index (χ3v) is 3.12. The number of furan rings is 1. The van der Waals surface area contributed by atoms with E-state index in [1.54, 1.807) is 12.2 Å². The van der Waals surface area contributed by atoms with Crippen molar-refractivity contribution < 1.29 is 13.9 Å². The van der Waals surface area contributed by atoms with Crippen molar-refractivity contribution in [3.8, 4) is 0 Å². The highest BCUT2D eigenvalue weighted by atomic mass is 16.5. The largest absolute Gasteiger partial charge is 0.462 e. The van der Waals surface area contributed by atoms with Crippen molar-refractivity contribution >= 4 is 17.8 Å². The van der Waals surface area contributed by atoms with Crippen LogP contribution in [-0.4, -0.2) is 5.97 Å². The summed E-state index contributed by atoms with van der Waals surface area (Å²) in [7, 11) is 0. The quantitative estimate of drug-likeness (QED) is 0.611. The molecule has 1 aromatic heterocycles. The van der Waals surface area contributed by atoms with E-state index in [0.717, 1.165) is 11.3 Å².